The molecule has 1 amide bonds. The molecule has 0 saturated carbocycles. The Morgan fingerprint density at radius 1 is 0.964 bits per heavy atom. The van der Waals surface area contributed by atoms with Crippen LogP contribution in [0.2, 0.25) is 5.02 Å². The van der Waals surface area contributed by atoms with E-state index in [0.717, 1.165) is 33.1 Å². The average Bonchev–Trinajstić information content (AvgIpc) is 2.68. The number of hydrogen-bond acceptors (Lipinski definition) is 3. The Morgan fingerprint density at radius 3 is 2.46 bits per heavy atom. The molecule has 0 fully saturated rings. The zero-order valence-corrected chi connectivity index (χ0v) is 16.7. The third-order valence-corrected chi connectivity index (χ3v) is 4.67. The zero-order valence-electron chi connectivity index (χ0n) is 16.0. The second-order valence-corrected chi connectivity index (χ2v) is 7.07. The van der Waals surface area contributed by atoms with Crippen molar-refractivity contribution in [1.29, 1.82) is 0 Å². The lowest BCUT2D eigenvalue weighted by Gasteiger charge is -2.10. The number of aryl methyl sites for hydroxylation is 2. The average molecular weight is 395 g/mol. The minimum atomic E-state index is -0.187. The Kier molecular flexibility index (Phi) is 6.56. The van der Waals surface area contributed by atoms with Gasteiger partial charge in [-0.05, 0) is 66.9 Å². The van der Waals surface area contributed by atoms with E-state index >= 15 is 0 Å². The van der Waals surface area contributed by atoms with E-state index in [-0.39, 0.29) is 12.5 Å². The highest BCUT2D eigenvalue weighted by Gasteiger charge is 2.04. The van der Waals surface area contributed by atoms with Crippen LogP contribution >= 0.6 is 11.6 Å². The molecule has 28 heavy (non-hydrogen) atoms. The lowest BCUT2D eigenvalue weighted by atomic mass is 10.2. The fraction of sp³-hybridized carbons (Fsp3) is 0.174. The minimum Gasteiger partial charge on any atom is -0.484 e. The van der Waals surface area contributed by atoms with Crippen molar-refractivity contribution in [1.82, 2.24) is 0 Å². The van der Waals surface area contributed by atoms with E-state index in [1.165, 1.54) is 0 Å². The standard InChI is InChI=1S/C23H23ClN2O2/c1-16-4-3-5-20(12-16)26-23(27)15-28-21-10-7-18(8-11-21)14-25-19-9-6-17(2)22(24)13-19/h3-13,25H,14-15H2,1-2H3,(H,26,27). The second-order valence-electron chi connectivity index (χ2n) is 6.67. The number of carbonyl (C=O) groups is 1. The van der Waals surface area contributed by atoms with Crippen molar-refractivity contribution in [2.75, 3.05) is 17.2 Å². The number of anilines is 2. The molecule has 0 atom stereocenters. The van der Waals surface area contributed by atoms with Gasteiger partial charge in [-0.25, -0.2) is 0 Å². The van der Waals surface area contributed by atoms with Gasteiger partial charge in [-0.2, -0.15) is 0 Å². The van der Waals surface area contributed by atoms with Gasteiger partial charge in [0.25, 0.3) is 5.91 Å². The zero-order chi connectivity index (χ0) is 19.9. The summed E-state index contributed by atoms with van der Waals surface area (Å²) in [6.07, 6.45) is 0. The van der Waals surface area contributed by atoms with E-state index in [0.29, 0.717) is 12.3 Å². The molecule has 0 bridgehead atoms. The molecule has 0 aliphatic rings. The van der Waals surface area contributed by atoms with Crippen LogP contribution in [-0.4, -0.2) is 12.5 Å². The molecule has 0 aliphatic carbocycles. The molecule has 3 aromatic rings. The first-order chi connectivity index (χ1) is 13.5. The summed E-state index contributed by atoms with van der Waals surface area (Å²) in [7, 11) is 0. The van der Waals surface area contributed by atoms with Gasteiger partial charge in [0.05, 0.1) is 0 Å². The van der Waals surface area contributed by atoms with Crippen molar-refractivity contribution in [3.8, 4) is 5.75 Å². The third-order valence-electron chi connectivity index (χ3n) is 4.26. The highest BCUT2D eigenvalue weighted by atomic mass is 35.5. The number of rotatable bonds is 7. The fourth-order valence-electron chi connectivity index (χ4n) is 2.68. The van der Waals surface area contributed by atoms with Gasteiger partial charge < -0.3 is 15.4 Å². The van der Waals surface area contributed by atoms with E-state index in [1.54, 1.807) is 0 Å². The number of ether oxygens (including phenoxy) is 1. The first-order valence-electron chi connectivity index (χ1n) is 9.08. The summed E-state index contributed by atoms with van der Waals surface area (Å²) >= 11 is 6.15. The molecule has 3 rings (SSSR count). The monoisotopic (exact) mass is 394 g/mol. The van der Waals surface area contributed by atoms with Crippen LogP contribution in [0.5, 0.6) is 5.75 Å². The molecule has 0 aliphatic heterocycles. The molecule has 0 unspecified atom stereocenters. The molecule has 2 N–H and O–H groups in total. The summed E-state index contributed by atoms with van der Waals surface area (Å²) in [6.45, 7) is 4.60. The van der Waals surface area contributed by atoms with Crippen LogP contribution in [0.25, 0.3) is 0 Å². The van der Waals surface area contributed by atoms with Gasteiger partial charge in [0.1, 0.15) is 5.75 Å². The maximum Gasteiger partial charge on any atom is 0.262 e. The van der Waals surface area contributed by atoms with E-state index in [1.807, 2.05) is 80.6 Å². The van der Waals surface area contributed by atoms with Gasteiger partial charge in [-0.3, -0.25) is 4.79 Å². The second kappa shape index (κ2) is 9.29. The predicted octanol–water partition coefficient (Wildman–Crippen LogP) is 5.59. The van der Waals surface area contributed by atoms with Crippen LogP contribution in [0.1, 0.15) is 16.7 Å². The van der Waals surface area contributed by atoms with Crippen molar-refractivity contribution >= 4 is 28.9 Å². The van der Waals surface area contributed by atoms with Gasteiger partial charge in [-0.15, -0.1) is 0 Å². The van der Waals surface area contributed by atoms with Gasteiger partial charge in [0, 0.05) is 22.9 Å². The van der Waals surface area contributed by atoms with Gasteiger partial charge in [0.2, 0.25) is 0 Å². The number of hydrogen-bond donors (Lipinski definition) is 2. The normalized spacial score (nSPS) is 10.4. The highest BCUT2D eigenvalue weighted by Crippen LogP contribution is 2.21. The largest absolute Gasteiger partial charge is 0.484 e. The van der Waals surface area contributed by atoms with Crippen molar-refractivity contribution in [3.63, 3.8) is 0 Å². The third kappa shape index (κ3) is 5.76. The Bertz CT molecular complexity index is 955. The number of nitrogens with one attached hydrogen (secondary N) is 2. The quantitative estimate of drug-likeness (QED) is 0.549. The number of carbonyl (C=O) groups excluding carboxylic acids is 1. The molecule has 0 saturated heterocycles. The van der Waals surface area contributed by atoms with Crippen molar-refractivity contribution in [2.24, 2.45) is 0 Å². The van der Waals surface area contributed by atoms with Gasteiger partial charge >= 0.3 is 0 Å². The molecule has 5 heteroatoms. The van der Waals surface area contributed by atoms with Gasteiger partial charge in [0.15, 0.2) is 6.61 Å². The van der Waals surface area contributed by atoms with Crippen LogP contribution in [0, 0.1) is 13.8 Å². The van der Waals surface area contributed by atoms with Crippen LogP contribution in [-0.2, 0) is 11.3 Å². The van der Waals surface area contributed by atoms with Gasteiger partial charge in [-0.1, -0.05) is 41.9 Å². The summed E-state index contributed by atoms with van der Waals surface area (Å²) in [5.74, 6) is 0.467. The fourth-order valence-corrected chi connectivity index (χ4v) is 2.86. The topological polar surface area (TPSA) is 50.4 Å². The van der Waals surface area contributed by atoms with E-state index < -0.39 is 0 Å². The summed E-state index contributed by atoms with van der Waals surface area (Å²) in [5.41, 5.74) is 5.00. The first kappa shape index (κ1) is 19.8. The van der Waals surface area contributed by atoms with Crippen molar-refractivity contribution in [2.45, 2.75) is 20.4 Å². The molecule has 0 spiro atoms. The molecule has 144 valence electrons. The minimum absolute atomic E-state index is 0.0343. The van der Waals surface area contributed by atoms with Crippen LogP contribution < -0.4 is 15.4 Å². The molecule has 0 heterocycles. The number of halogens is 1. The molecule has 4 nitrogen and oxygen atoms in total. The molecular formula is C23H23ClN2O2. The van der Waals surface area contributed by atoms with Crippen LogP contribution in [0.3, 0.4) is 0 Å². The lowest BCUT2D eigenvalue weighted by Crippen LogP contribution is -2.20. The predicted molar refractivity (Wildman–Crippen MR) is 115 cm³/mol. The Morgan fingerprint density at radius 2 is 1.75 bits per heavy atom. The molecule has 0 radical (unpaired) electrons. The summed E-state index contributed by atoms with van der Waals surface area (Å²) in [5, 5.41) is 6.92. The summed E-state index contributed by atoms with van der Waals surface area (Å²) in [4.78, 5) is 12.0. The van der Waals surface area contributed by atoms with E-state index in [9.17, 15) is 4.79 Å². The number of amides is 1. The molecular weight excluding hydrogens is 372 g/mol. The Balaban J connectivity index is 1.47. The maximum atomic E-state index is 12.0. The number of benzene rings is 3. The maximum absolute atomic E-state index is 12.0. The van der Waals surface area contributed by atoms with E-state index in [4.69, 9.17) is 16.3 Å². The Labute approximate surface area is 170 Å². The first-order valence-corrected chi connectivity index (χ1v) is 9.46. The van der Waals surface area contributed by atoms with Crippen molar-refractivity contribution < 1.29 is 9.53 Å². The van der Waals surface area contributed by atoms with Crippen molar-refractivity contribution in [3.05, 3.63) is 88.4 Å². The van der Waals surface area contributed by atoms with Crippen LogP contribution in [0.15, 0.2) is 66.7 Å². The van der Waals surface area contributed by atoms with E-state index in [2.05, 4.69) is 10.6 Å². The lowest BCUT2D eigenvalue weighted by molar-refractivity contribution is -0.118. The smallest absolute Gasteiger partial charge is 0.262 e. The summed E-state index contributed by atoms with van der Waals surface area (Å²) in [6, 6.07) is 21.2. The Hall–Kier alpha value is -2.98. The molecule has 0 aromatic heterocycles. The highest BCUT2D eigenvalue weighted by molar-refractivity contribution is 6.31. The summed E-state index contributed by atoms with van der Waals surface area (Å²) < 4.78 is 5.57. The molecule has 3 aromatic carbocycles. The SMILES string of the molecule is Cc1cccc(NC(=O)COc2ccc(CNc3ccc(C)c(Cl)c3)cc2)c1. The van der Waals surface area contributed by atoms with Crippen LogP contribution in [0.4, 0.5) is 11.4 Å².